The Kier molecular flexibility index (Phi) is 4.99. The smallest absolute Gasteiger partial charge is 0.146 e. The van der Waals surface area contributed by atoms with Crippen LogP contribution in [0.4, 0.5) is 10.1 Å². The van der Waals surface area contributed by atoms with Gasteiger partial charge in [0.2, 0.25) is 0 Å². The molecule has 0 bridgehead atoms. The van der Waals surface area contributed by atoms with Gasteiger partial charge in [0.1, 0.15) is 5.82 Å². The second-order valence-electron chi connectivity index (χ2n) is 4.05. The van der Waals surface area contributed by atoms with Crippen LogP contribution in [0.25, 0.3) is 0 Å². The predicted octanol–water partition coefficient (Wildman–Crippen LogP) is 2.57. The number of nitrogens with one attached hydrogen (secondary N) is 1. The van der Waals surface area contributed by atoms with E-state index in [4.69, 9.17) is 6.42 Å². The Morgan fingerprint density at radius 1 is 1.53 bits per heavy atom. The molecule has 0 aliphatic rings. The fraction of sp³-hybridized carbons (Fsp3) is 0.429. The molecule has 0 radical (unpaired) electrons. The maximum Gasteiger partial charge on any atom is 0.146 e. The topological polar surface area (TPSA) is 15.3 Å². The third-order valence-corrected chi connectivity index (χ3v) is 2.72. The maximum absolute atomic E-state index is 13.9. The van der Waals surface area contributed by atoms with Gasteiger partial charge in [-0.25, -0.2) is 4.39 Å². The van der Waals surface area contributed by atoms with Crippen LogP contribution in [0.2, 0.25) is 0 Å². The van der Waals surface area contributed by atoms with Gasteiger partial charge in [0.25, 0.3) is 0 Å². The van der Waals surface area contributed by atoms with E-state index >= 15 is 0 Å². The highest BCUT2D eigenvalue weighted by Gasteiger charge is 2.10. The summed E-state index contributed by atoms with van der Waals surface area (Å²) in [5.74, 6) is 2.27. The van der Waals surface area contributed by atoms with Crippen LogP contribution >= 0.6 is 0 Å². The lowest BCUT2D eigenvalue weighted by atomic mass is 10.1. The number of hydrogen-bond acceptors (Lipinski definition) is 2. The van der Waals surface area contributed by atoms with Crippen LogP contribution in [0.15, 0.2) is 18.2 Å². The average Bonchev–Trinajstić information content (AvgIpc) is 2.29. The summed E-state index contributed by atoms with van der Waals surface area (Å²) in [6.07, 6.45) is 5.21. The highest BCUT2D eigenvalue weighted by molar-refractivity contribution is 5.49. The van der Waals surface area contributed by atoms with Crippen molar-refractivity contribution in [2.24, 2.45) is 0 Å². The monoisotopic (exact) mass is 234 g/mol. The molecule has 0 aromatic heterocycles. The van der Waals surface area contributed by atoms with E-state index in [9.17, 15) is 4.39 Å². The molecule has 0 fully saturated rings. The third kappa shape index (κ3) is 3.47. The van der Waals surface area contributed by atoms with Crippen molar-refractivity contribution < 1.29 is 4.39 Å². The summed E-state index contributed by atoms with van der Waals surface area (Å²) in [5.41, 5.74) is 1.48. The van der Waals surface area contributed by atoms with E-state index in [0.29, 0.717) is 12.2 Å². The zero-order valence-corrected chi connectivity index (χ0v) is 10.6. The molecule has 0 aliphatic heterocycles. The minimum atomic E-state index is -0.231. The molecule has 0 heterocycles. The summed E-state index contributed by atoms with van der Waals surface area (Å²) in [5, 5.41) is 3.25. The Bertz CT molecular complexity index is 409. The summed E-state index contributed by atoms with van der Waals surface area (Å²) in [6.45, 7) is 5.31. The molecule has 1 N–H and O–H groups in total. The molecule has 0 amide bonds. The Hall–Kier alpha value is -1.53. The van der Waals surface area contributed by atoms with Crippen molar-refractivity contribution >= 4 is 5.69 Å². The number of rotatable bonds is 5. The molecular formula is C14H19FN2. The first kappa shape index (κ1) is 13.5. The minimum absolute atomic E-state index is 0.154. The average molecular weight is 234 g/mol. The number of nitrogens with zero attached hydrogens (tertiary/aromatic N) is 1. The van der Waals surface area contributed by atoms with Crippen molar-refractivity contribution in [3.63, 3.8) is 0 Å². The molecule has 0 aliphatic carbocycles. The number of halogens is 1. The molecule has 1 unspecified atom stereocenters. The summed E-state index contributed by atoms with van der Waals surface area (Å²) < 4.78 is 13.9. The van der Waals surface area contributed by atoms with Crippen molar-refractivity contribution in [1.82, 2.24) is 5.32 Å². The fourth-order valence-electron chi connectivity index (χ4n) is 1.75. The fourth-order valence-corrected chi connectivity index (χ4v) is 1.75. The second kappa shape index (κ2) is 6.27. The summed E-state index contributed by atoms with van der Waals surface area (Å²) in [6, 6.07) is 5.42. The zero-order chi connectivity index (χ0) is 12.8. The zero-order valence-electron chi connectivity index (χ0n) is 10.6. The Morgan fingerprint density at radius 3 is 2.76 bits per heavy atom. The molecule has 0 saturated heterocycles. The second-order valence-corrected chi connectivity index (χ2v) is 4.05. The van der Waals surface area contributed by atoms with Gasteiger partial charge in [-0.2, -0.15) is 0 Å². The van der Waals surface area contributed by atoms with E-state index in [1.54, 1.807) is 24.1 Å². The Balaban J connectivity index is 2.90. The first-order valence-electron chi connectivity index (χ1n) is 5.77. The first-order valence-corrected chi connectivity index (χ1v) is 5.77. The SMILES string of the molecule is C#CCN(C)c1ccc(C(C)NCC)cc1F. The molecule has 2 nitrogen and oxygen atoms in total. The van der Waals surface area contributed by atoms with Crippen LogP contribution in [0.1, 0.15) is 25.5 Å². The van der Waals surface area contributed by atoms with Gasteiger partial charge in [-0.3, -0.25) is 0 Å². The molecule has 1 aromatic rings. The lowest BCUT2D eigenvalue weighted by Gasteiger charge is -2.19. The highest BCUT2D eigenvalue weighted by atomic mass is 19.1. The number of hydrogen-bond donors (Lipinski definition) is 1. The van der Waals surface area contributed by atoms with E-state index in [-0.39, 0.29) is 11.9 Å². The first-order chi connectivity index (χ1) is 8.10. The van der Waals surface area contributed by atoms with Crippen molar-refractivity contribution in [2.75, 3.05) is 25.0 Å². The maximum atomic E-state index is 13.9. The van der Waals surface area contributed by atoms with E-state index < -0.39 is 0 Å². The van der Waals surface area contributed by atoms with E-state index in [1.165, 1.54) is 0 Å². The van der Waals surface area contributed by atoms with Gasteiger partial charge in [-0.15, -0.1) is 6.42 Å². The van der Waals surface area contributed by atoms with Crippen molar-refractivity contribution in [3.8, 4) is 12.3 Å². The van der Waals surface area contributed by atoms with Gasteiger partial charge in [0.15, 0.2) is 0 Å². The van der Waals surface area contributed by atoms with Gasteiger partial charge in [-0.1, -0.05) is 18.9 Å². The lowest BCUT2D eigenvalue weighted by molar-refractivity contribution is 0.582. The van der Waals surface area contributed by atoms with E-state index in [1.807, 2.05) is 19.9 Å². The third-order valence-electron chi connectivity index (χ3n) is 2.72. The Morgan fingerprint density at radius 2 is 2.24 bits per heavy atom. The van der Waals surface area contributed by atoms with Gasteiger partial charge in [0, 0.05) is 13.1 Å². The van der Waals surface area contributed by atoms with Crippen LogP contribution < -0.4 is 10.2 Å². The van der Waals surface area contributed by atoms with Crippen LogP contribution in [-0.2, 0) is 0 Å². The van der Waals surface area contributed by atoms with Crippen LogP contribution in [-0.4, -0.2) is 20.1 Å². The molecular weight excluding hydrogens is 215 g/mol. The van der Waals surface area contributed by atoms with Crippen LogP contribution in [0.5, 0.6) is 0 Å². The molecule has 17 heavy (non-hydrogen) atoms. The van der Waals surface area contributed by atoms with Gasteiger partial charge in [-0.05, 0) is 31.2 Å². The number of anilines is 1. The largest absolute Gasteiger partial charge is 0.361 e. The van der Waals surface area contributed by atoms with Crippen molar-refractivity contribution in [3.05, 3.63) is 29.6 Å². The molecule has 3 heteroatoms. The number of terminal acetylenes is 1. The molecule has 1 rings (SSSR count). The van der Waals surface area contributed by atoms with E-state index in [2.05, 4.69) is 11.2 Å². The van der Waals surface area contributed by atoms with Gasteiger partial charge >= 0.3 is 0 Å². The molecule has 1 atom stereocenters. The molecule has 1 aromatic carbocycles. The highest BCUT2D eigenvalue weighted by Crippen LogP contribution is 2.22. The minimum Gasteiger partial charge on any atom is -0.361 e. The van der Waals surface area contributed by atoms with Gasteiger partial charge in [0.05, 0.1) is 12.2 Å². The standard InChI is InChI=1S/C14H19FN2/c1-5-9-17(4)14-8-7-12(10-13(14)15)11(3)16-6-2/h1,7-8,10-11,16H,6,9H2,2-4H3. The van der Waals surface area contributed by atoms with Gasteiger partial charge < -0.3 is 10.2 Å². The molecule has 0 saturated carbocycles. The quantitative estimate of drug-likeness (QED) is 0.788. The normalized spacial score (nSPS) is 11.9. The molecule has 92 valence electrons. The van der Waals surface area contributed by atoms with Crippen LogP contribution in [0.3, 0.4) is 0 Å². The summed E-state index contributed by atoms with van der Waals surface area (Å²) in [7, 11) is 1.78. The van der Waals surface area contributed by atoms with Crippen molar-refractivity contribution in [2.45, 2.75) is 19.9 Å². The van der Waals surface area contributed by atoms with Crippen LogP contribution in [0, 0.1) is 18.2 Å². The Labute approximate surface area is 103 Å². The predicted molar refractivity (Wildman–Crippen MR) is 70.6 cm³/mol. The van der Waals surface area contributed by atoms with E-state index in [0.717, 1.165) is 12.1 Å². The summed E-state index contributed by atoms with van der Waals surface area (Å²) >= 11 is 0. The lowest BCUT2D eigenvalue weighted by Crippen LogP contribution is -2.20. The van der Waals surface area contributed by atoms with Crippen molar-refractivity contribution in [1.29, 1.82) is 0 Å². The summed E-state index contributed by atoms with van der Waals surface area (Å²) in [4.78, 5) is 1.72. The molecule has 0 spiro atoms. The number of benzene rings is 1.